The zero-order valence-corrected chi connectivity index (χ0v) is 15.2. The van der Waals surface area contributed by atoms with E-state index in [0.717, 1.165) is 30.9 Å². The summed E-state index contributed by atoms with van der Waals surface area (Å²) in [6.07, 6.45) is 5.11. The molecule has 0 amide bonds. The van der Waals surface area contributed by atoms with Crippen molar-refractivity contribution in [1.29, 1.82) is 0 Å². The number of rotatable bonds is 3. The van der Waals surface area contributed by atoms with Gasteiger partial charge in [0.25, 0.3) is 0 Å². The largest absolute Gasteiger partial charge is 0.370 e. The molecule has 0 N–H and O–H groups in total. The highest BCUT2D eigenvalue weighted by molar-refractivity contribution is 5.94. The minimum Gasteiger partial charge on any atom is -0.370 e. The lowest BCUT2D eigenvalue weighted by Gasteiger charge is -2.36. The number of fused-ring (bicyclic) bond motifs is 1. The smallest absolute Gasteiger partial charge is 0.137 e. The summed E-state index contributed by atoms with van der Waals surface area (Å²) < 4.78 is 2.06. The summed E-state index contributed by atoms with van der Waals surface area (Å²) in [5.74, 6) is 1.52. The predicted octanol–water partition coefficient (Wildman–Crippen LogP) is 3.62. The van der Waals surface area contributed by atoms with Crippen LogP contribution < -0.4 is 4.90 Å². The Balaban J connectivity index is 1.78. The zero-order chi connectivity index (χ0) is 17.4. The summed E-state index contributed by atoms with van der Waals surface area (Å²) in [5, 5.41) is 9.69. The summed E-state index contributed by atoms with van der Waals surface area (Å²) in [6.45, 7) is 6.49. The van der Waals surface area contributed by atoms with Crippen LogP contribution in [0.2, 0.25) is 0 Å². The molecular weight excluding hydrogens is 310 g/mol. The Labute approximate surface area is 148 Å². The topological polar surface area (TPSA) is 46.8 Å². The average molecular weight is 335 g/mol. The van der Waals surface area contributed by atoms with Crippen molar-refractivity contribution < 1.29 is 0 Å². The summed E-state index contributed by atoms with van der Waals surface area (Å²) in [5.41, 5.74) is 4.98. The molecule has 1 saturated heterocycles. The monoisotopic (exact) mass is 335 g/mol. The fraction of sp³-hybridized carbons (Fsp3) is 0.450. The predicted molar refractivity (Wildman–Crippen MR) is 101 cm³/mol. The molecule has 5 nitrogen and oxygen atoms in total. The molecule has 130 valence electrons. The maximum absolute atomic E-state index is 4.88. The Morgan fingerprint density at radius 3 is 2.84 bits per heavy atom. The first-order valence-corrected chi connectivity index (χ1v) is 9.16. The first kappa shape index (κ1) is 16.1. The summed E-state index contributed by atoms with van der Waals surface area (Å²) in [7, 11) is 2.04. The molecule has 4 rings (SSSR count). The van der Waals surface area contributed by atoms with E-state index in [1.165, 1.54) is 35.2 Å². The molecule has 0 radical (unpaired) electrons. The van der Waals surface area contributed by atoms with Gasteiger partial charge in [-0.2, -0.15) is 0 Å². The Bertz CT molecular complexity index is 898. The second kappa shape index (κ2) is 6.47. The second-order valence-electron chi connectivity index (χ2n) is 6.99. The number of nitrogens with zero attached hydrogens (tertiary/aromatic N) is 5. The molecule has 1 fully saturated rings. The molecule has 1 aromatic carbocycles. The van der Waals surface area contributed by atoms with Gasteiger partial charge in [-0.3, -0.25) is 4.98 Å². The number of benzene rings is 1. The first-order chi connectivity index (χ1) is 12.2. The third kappa shape index (κ3) is 2.77. The van der Waals surface area contributed by atoms with Crippen LogP contribution in [0.4, 0.5) is 5.69 Å². The highest BCUT2D eigenvalue weighted by Gasteiger charge is 2.27. The van der Waals surface area contributed by atoms with Gasteiger partial charge >= 0.3 is 0 Å². The SMILES string of the molecule is CCc1nc2ccccc2c(N2CCCC(c3nncn3C)C2)c1C. The van der Waals surface area contributed by atoms with Crippen LogP contribution in [-0.4, -0.2) is 32.8 Å². The summed E-state index contributed by atoms with van der Waals surface area (Å²) >= 11 is 0. The molecule has 5 heteroatoms. The standard InChI is InChI=1S/C20H25N5/c1-4-17-14(2)19(16-9-5-6-10-18(16)22-17)25-11-7-8-15(12-25)20-23-21-13-24(20)3/h5-6,9-10,13,15H,4,7-8,11-12H2,1-3H3. The van der Waals surface area contributed by atoms with Gasteiger partial charge in [-0.05, 0) is 37.8 Å². The minimum absolute atomic E-state index is 0.428. The molecule has 2 aromatic heterocycles. The van der Waals surface area contributed by atoms with Crippen molar-refractivity contribution in [2.24, 2.45) is 7.05 Å². The number of piperidine rings is 1. The number of anilines is 1. The van der Waals surface area contributed by atoms with E-state index in [9.17, 15) is 0 Å². The number of hydrogen-bond donors (Lipinski definition) is 0. The normalized spacial score (nSPS) is 18.0. The van der Waals surface area contributed by atoms with Crippen LogP contribution in [0.25, 0.3) is 10.9 Å². The number of para-hydroxylation sites is 1. The minimum atomic E-state index is 0.428. The molecule has 1 aliphatic rings. The summed E-state index contributed by atoms with van der Waals surface area (Å²) in [6, 6.07) is 8.52. The lowest BCUT2D eigenvalue weighted by Crippen LogP contribution is -2.36. The van der Waals surface area contributed by atoms with Crippen molar-refractivity contribution in [1.82, 2.24) is 19.7 Å². The number of aromatic nitrogens is 4. The quantitative estimate of drug-likeness (QED) is 0.733. The van der Waals surface area contributed by atoms with Crippen LogP contribution in [0.3, 0.4) is 0 Å². The Morgan fingerprint density at radius 2 is 2.08 bits per heavy atom. The van der Waals surface area contributed by atoms with Gasteiger partial charge in [0, 0.05) is 37.1 Å². The van der Waals surface area contributed by atoms with Gasteiger partial charge in [0.05, 0.1) is 11.2 Å². The van der Waals surface area contributed by atoms with E-state index in [0.29, 0.717) is 5.92 Å². The second-order valence-corrected chi connectivity index (χ2v) is 6.99. The van der Waals surface area contributed by atoms with Crippen LogP contribution in [0.5, 0.6) is 0 Å². The number of pyridine rings is 1. The van der Waals surface area contributed by atoms with Crippen molar-refractivity contribution >= 4 is 16.6 Å². The molecule has 3 heterocycles. The highest BCUT2D eigenvalue weighted by atomic mass is 15.3. The molecule has 1 atom stereocenters. The Kier molecular flexibility index (Phi) is 4.15. The van der Waals surface area contributed by atoms with E-state index < -0.39 is 0 Å². The van der Waals surface area contributed by atoms with Crippen molar-refractivity contribution in [2.75, 3.05) is 18.0 Å². The van der Waals surface area contributed by atoms with Crippen LogP contribution in [0.15, 0.2) is 30.6 Å². The highest BCUT2D eigenvalue weighted by Crippen LogP contribution is 2.36. The fourth-order valence-corrected chi connectivity index (χ4v) is 4.14. The molecule has 1 unspecified atom stereocenters. The lowest BCUT2D eigenvalue weighted by atomic mass is 9.95. The van der Waals surface area contributed by atoms with E-state index >= 15 is 0 Å². The van der Waals surface area contributed by atoms with E-state index in [1.807, 2.05) is 7.05 Å². The van der Waals surface area contributed by atoms with Crippen LogP contribution in [0.1, 0.15) is 42.8 Å². The van der Waals surface area contributed by atoms with Crippen molar-refractivity contribution in [2.45, 2.75) is 39.0 Å². The third-order valence-corrected chi connectivity index (χ3v) is 5.39. The van der Waals surface area contributed by atoms with Gasteiger partial charge in [0.2, 0.25) is 0 Å². The van der Waals surface area contributed by atoms with Gasteiger partial charge in [0.1, 0.15) is 12.2 Å². The molecule has 0 bridgehead atoms. The Morgan fingerprint density at radius 1 is 1.24 bits per heavy atom. The maximum atomic E-state index is 4.88. The van der Waals surface area contributed by atoms with E-state index in [-0.39, 0.29) is 0 Å². The van der Waals surface area contributed by atoms with Crippen LogP contribution >= 0.6 is 0 Å². The van der Waals surface area contributed by atoms with Crippen LogP contribution in [0, 0.1) is 6.92 Å². The van der Waals surface area contributed by atoms with E-state index in [4.69, 9.17) is 4.98 Å². The van der Waals surface area contributed by atoms with Crippen LogP contribution in [-0.2, 0) is 13.5 Å². The third-order valence-electron chi connectivity index (χ3n) is 5.39. The summed E-state index contributed by atoms with van der Waals surface area (Å²) in [4.78, 5) is 7.42. The van der Waals surface area contributed by atoms with Gasteiger partial charge in [-0.1, -0.05) is 25.1 Å². The average Bonchev–Trinajstić information content (AvgIpc) is 3.07. The molecule has 0 aliphatic carbocycles. The molecule has 1 aliphatic heterocycles. The molecule has 3 aromatic rings. The van der Waals surface area contributed by atoms with Gasteiger partial charge < -0.3 is 9.47 Å². The fourth-order valence-electron chi connectivity index (χ4n) is 4.14. The zero-order valence-electron chi connectivity index (χ0n) is 15.2. The van der Waals surface area contributed by atoms with E-state index in [1.54, 1.807) is 6.33 Å². The lowest BCUT2D eigenvalue weighted by molar-refractivity contribution is 0.480. The molecule has 0 spiro atoms. The molecular formula is C20H25N5. The van der Waals surface area contributed by atoms with Crippen molar-refractivity contribution in [3.8, 4) is 0 Å². The Hall–Kier alpha value is -2.43. The van der Waals surface area contributed by atoms with Gasteiger partial charge in [-0.15, -0.1) is 10.2 Å². The maximum Gasteiger partial charge on any atom is 0.137 e. The van der Waals surface area contributed by atoms with Crippen molar-refractivity contribution in [3.63, 3.8) is 0 Å². The molecule has 25 heavy (non-hydrogen) atoms. The van der Waals surface area contributed by atoms with Gasteiger partial charge in [-0.25, -0.2) is 0 Å². The molecule has 0 saturated carbocycles. The van der Waals surface area contributed by atoms with E-state index in [2.05, 4.69) is 57.8 Å². The number of aryl methyl sites for hydroxylation is 2. The first-order valence-electron chi connectivity index (χ1n) is 9.16. The number of hydrogen-bond acceptors (Lipinski definition) is 4. The van der Waals surface area contributed by atoms with Crippen molar-refractivity contribution in [3.05, 3.63) is 47.7 Å². The van der Waals surface area contributed by atoms with Gasteiger partial charge in [0.15, 0.2) is 0 Å².